The van der Waals surface area contributed by atoms with Gasteiger partial charge in [0, 0.05) is 5.75 Å². The third-order valence-corrected chi connectivity index (χ3v) is 9.96. The Morgan fingerprint density at radius 1 is 0.489 bits per heavy atom. The minimum Gasteiger partial charge on any atom is -0.480 e. The van der Waals surface area contributed by atoms with Crippen LogP contribution in [-0.4, -0.2) is 22.9 Å². The predicted molar refractivity (Wildman–Crippen MR) is 185 cm³/mol. The summed E-state index contributed by atoms with van der Waals surface area (Å²) in [6, 6.07) is 60.7. The summed E-state index contributed by atoms with van der Waals surface area (Å²) in [6.07, 6.45) is 0. The molecule has 0 aromatic heterocycles. The number of nitrogens with one attached hydrogen (secondary N) is 1. The van der Waals surface area contributed by atoms with E-state index in [0.717, 1.165) is 33.4 Å². The number of aliphatic carboxylic acids is 1. The highest BCUT2D eigenvalue weighted by molar-refractivity contribution is 8.00. The second-order valence-electron chi connectivity index (χ2n) is 11.0. The van der Waals surface area contributed by atoms with Crippen molar-refractivity contribution in [3.05, 3.63) is 215 Å². The molecule has 6 aromatic carbocycles. The van der Waals surface area contributed by atoms with Gasteiger partial charge in [-0.05, 0) is 33.4 Å². The van der Waals surface area contributed by atoms with Crippen LogP contribution in [-0.2, 0) is 15.1 Å². The van der Waals surface area contributed by atoms with Crippen LogP contribution in [0.3, 0.4) is 0 Å². The van der Waals surface area contributed by atoms with Crippen molar-refractivity contribution in [2.75, 3.05) is 5.75 Å². The van der Waals surface area contributed by atoms with Crippen molar-refractivity contribution in [3.63, 3.8) is 0 Å². The zero-order valence-corrected chi connectivity index (χ0v) is 25.7. The Balaban J connectivity index is 1.50. The van der Waals surface area contributed by atoms with Crippen LogP contribution < -0.4 is 5.32 Å². The summed E-state index contributed by atoms with van der Waals surface area (Å²) in [5.74, 6) is -0.611. The van der Waals surface area contributed by atoms with Crippen molar-refractivity contribution < 1.29 is 9.90 Å². The summed E-state index contributed by atoms with van der Waals surface area (Å²) in [4.78, 5) is 13.3. The van der Waals surface area contributed by atoms with Gasteiger partial charge >= 0.3 is 5.97 Å². The number of carbonyl (C=O) groups is 1. The molecule has 0 aliphatic rings. The zero-order chi connectivity index (χ0) is 31.0. The van der Waals surface area contributed by atoms with E-state index in [0.29, 0.717) is 5.75 Å². The molecule has 0 aliphatic carbocycles. The summed E-state index contributed by atoms with van der Waals surface area (Å²) in [6.45, 7) is 0. The number of carboxylic acids is 1. The zero-order valence-electron chi connectivity index (χ0n) is 24.9. The molecule has 6 aromatic rings. The maximum absolute atomic E-state index is 13.3. The lowest BCUT2D eigenvalue weighted by Gasteiger charge is -2.41. The average Bonchev–Trinajstić information content (AvgIpc) is 3.12. The Hall–Kier alpha value is -4.90. The van der Waals surface area contributed by atoms with Crippen LogP contribution in [0.5, 0.6) is 0 Å². The molecule has 4 heteroatoms. The Labute approximate surface area is 269 Å². The minimum atomic E-state index is -0.914. The molecule has 0 saturated heterocycles. The van der Waals surface area contributed by atoms with Gasteiger partial charge in [-0.3, -0.25) is 10.1 Å². The lowest BCUT2D eigenvalue weighted by molar-refractivity contribution is -0.139. The van der Waals surface area contributed by atoms with Crippen LogP contribution >= 0.6 is 11.8 Å². The fraction of sp³-hybridized carbons (Fsp3) is 0.0976. The fourth-order valence-corrected chi connectivity index (χ4v) is 7.78. The van der Waals surface area contributed by atoms with E-state index in [-0.39, 0.29) is 0 Å². The Bertz CT molecular complexity index is 1590. The normalized spacial score (nSPS) is 12.4. The van der Waals surface area contributed by atoms with Crippen molar-refractivity contribution in [1.29, 1.82) is 0 Å². The number of hydrogen-bond donors (Lipinski definition) is 2. The number of benzene rings is 6. The highest BCUT2D eigenvalue weighted by Gasteiger charge is 2.42. The lowest BCUT2D eigenvalue weighted by atomic mass is 9.76. The number of carboxylic acid groups (broad SMARTS) is 1. The monoisotopic (exact) mass is 605 g/mol. The number of hydrogen-bond acceptors (Lipinski definition) is 3. The van der Waals surface area contributed by atoms with Gasteiger partial charge in [-0.25, -0.2) is 0 Å². The topological polar surface area (TPSA) is 49.3 Å². The van der Waals surface area contributed by atoms with E-state index in [2.05, 4.69) is 115 Å². The molecule has 0 amide bonds. The first-order valence-corrected chi connectivity index (χ1v) is 16.1. The average molecular weight is 606 g/mol. The summed E-state index contributed by atoms with van der Waals surface area (Å²) >= 11 is 1.65. The van der Waals surface area contributed by atoms with E-state index < -0.39 is 22.3 Å². The van der Waals surface area contributed by atoms with Gasteiger partial charge in [0.05, 0.1) is 10.3 Å². The molecule has 222 valence electrons. The maximum atomic E-state index is 13.3. The second-order valence-corrected chi connectivity index (χ2v) is 12.2. The summed E-state index contributed by atoms with van der Waals surface area (Å²) in [5.41, 5.74) is 5.28. The van der Waals surface area contributed by atoms with Crippen molar-refractivity contribution in [2.24, 2.45) is 0 Å². The summed E-state index contributed by atoms with van der Waals surface area (Å²) in [5, 5.41) is 14.6. The minimum absolute atomic E-state index is 0.294. The van der Waals surface area contributed by atoms with Gasteiger partial charge in [-0.1, -0.05) is 182 Å². The molecule has 0 radical (unpaired) electrons. The van der Waals surface area contributed by atoms with Crippen LogP contribution in [0, 0.1) is 0 Å². The van der Waals surface area contributed by atoms with Crippen LogP contribution in [0.2, 0.25) is 0 Å². The van der Waals surface area contributed by atoms with Crippen molar-refractivity contribution >= 4 is 17.7 Å². The molecule has 3 nitrogen and oxygen atoms in total. The molecule has 0 spiro atoms. The molecule has 0 saturated carbocycles. The third kappa shape index (κ3) is 6.08. The van der Waals surface area contributed by atoms with Gasteiger partial charge < -0.3 is 5.11 Å². The smallest absolute Gasteiger partial charge is 0.321 e. The van der Waals surface area contributed by atoms with Gasteiger partial charge in [0.25, 0.3) is 0 Å². The SMILES string of the molecule is O=C(O)[C@H](CSC(c1ccccc1)(c1ccccc1)c1ccccc1)NC(c1ccccc1)(c1ccccc1)c1ccccc1. The predicted octanol–water partition coefficient (Wildman–Crippen LogP) is 8.75. The molecule has 0 fully saturated rings. The molecule has 0 aliphatic heterocycles. The van der Waals surface area contributed by atoms with Gasteiger partial charge in [0.2, 0.25) is 0 Å². The van der Waals surface area contributed by atoms with E-state index in [1.54, 1.807) is 11.8 Å². The van der Waals surface area contributed by atoms with Crippen LogP contribution in [0.1, 0.15) is 33.4 Å². The Kier molecular flexibility index (Phi) is 9.25. The van der Waals surface area contributed by atoms with E-state index in [1.165, 1.54) is 0 Å². The molecule has 2 N–H and O–H groups in total. The molecular formula is C41H35NO2S. The summed E-state index contributed by atoms with van der Waals surface area (Å²) in [7, 11) is 0. The van der Waals surface area contributed by atoms with E-state index in [4.69, 9.17) is 0 Å². The molecule has 45 heavy (non-hydrogen) atoms. The molecule has 1 atom stereocenters. The number of thioether (sulfide) groups is 1. The first-order chi connectivity index (χ1) is 22.1. The van der Waals surface area contributed by atoms with Crippen LogP contribution in [0.4, 0.5) is 0 Å². The molecule has 0 heterocycles. The standard InChI is InChI=1S/C41H35NO2S/c43-39(44)38(42-40(32-19-7-1-8-20-32,33-21-9-2-10-22-33)34-23-11-3-12-24-34)31-45-41(35-25-13-4-14-26-35,36-27-15-5-16-28-36)37-29-17-6-18-30-37/h1-30,38,42H,31H2,(H,43,44)/t38-/m0/s1. The first kappa shape index (κ1) is 30.1. The van der Waals surface area contributed by atoms with Gasteiger partial charge in [-0.15, -0.1) is 11.8 Å². The van der Waals surface area contributed by atoms with E-state index in [9.17, 15) is 9.90 Å². The fourth-order valence-electron chi connectivity index (χ4n) is 6.23. The van der Waals surface area contributed by atoms with Crippen LogP contribution in [0.15, 0.2) is 182 Å². The lowest BCUT2D eigenvalue weighted by Crippen LogP contribution is -2.54. The summed E-state index contributed by atoms with van der Waals surface area (Å²) < 4.78 is -0.645. The van der Waals surface area contributed by atoms with E-state index >= 15 is 0 Å². The molecule has 0 unspecified atom stereocenters. The molecule has 0 bridgehead atoms. The highest BCUT2D eigenvalue weighted by Crippen LogP contribution is 2.49. The second kappa shape index (κ2) is 13.8. The van der Waals surface area contributed by atoms with Crippen molar-refractivity contribution in [3.8, 4) is 0 Å². The van der Waals surface area contributed by atoms with Gasteiger partial charge in [0.15, 0.2) is 0 Å². The van der Waals surface area contributed by atoms with Gasteiger partial charge in [-0.2, -0.15) is 0 Å². The van der Waals surface area contributed by atoms with E-state index in [1.807, 2.05) is 72.8 Å². The first-order valence-electron chi connectivity index (χ1n) is 15.1. The van der Waals surface area contributed by atoms with Crippen molar-refractivity contribution in [2.45, 2.75) is 16.3 Å². The maximum Gasteiger partial charge on any atom is 0.321 e. The van der Waals surface area contributed by atoms with Crippen molar-refractivity contribution in [1.82, 2.24) is 5.32 Å². The Morgan fingerprint density at radius 3 is 1.02 bits per heavy atom. The van der Waals surface area contributed by atoms with Gasteiger partial charge in [0.1, 0.15) is 6.04 Å². The number of rotatable bonds is 12. The molecule has 6 rings (SSSR count). The van der Waals surface area contributed by atoms with Crippen LogP contribution in [0.25, 0.3) is 0 Å². The quantitative estimate of drug-likeness (QED) is 0.137. The third-order valence-electron chi connectivity index (χ3n) is 8.32. The molecular weight excluding hydrogens is 571 g/mol. The highest BCUT2D eigenvalue weighted by atomic mass is 32.2. The largest absolute Gasteiger partial charge is 0.480 e. The Morgan fingerprint density at radius 2 is 0.756 bits per heavy atom.